The third-order valence-electron chi connectivity index (χ3n) is 9.60. The number of hydrogen-bond acceptors (Lipinski definition) is 4. The highest BCUT2D eigenvalue weighted by atomic mass is 32.2. The maximum absolute atomic E-state index is 5.22. The zero-order valence-electron chi connectivity index (χ0n) is 27.0. The summed E-state index contributed by atoms with van der Waals surface area (Å²) in [6.45, 7) is 4.67. The predicted molar refractivity (Wildman–Crippen MR) is 216 cm³/mol. The summed E-state index contributed by atoms with van der Waals surface area (Å²) in [4.78, 5) is 11.6. The van der Waals surface area contributed by atoms with Crippen molar-refractivity contribution in [3.63, 3.8) is 0 Å². The second-order valence-electron chi connectivity index (χ2n) is 12.5. The van der Waals surface area contributed by atoms with Crippen LogP contribution >= 0.6 is 23.1 Å². The average Bonchev–Trinajstić information content (AvgIpc) is 3.74. The topological polar surface area (TPSA) is 30.7 Å². The van der Waals surface area contributed by atoms with Crippen molar-refractivity contribution in [1.29, 1.82) is 0 Å². The predicted octanol–water partition coefficient (Wildman–Crippen LogP) is 12.7. The van der Waals surface area contributed by atoms with Crippen LogP contribution in [0.5, 0.6) is 0 Å². The quantitative estimate of drug-likeness (QED) is 0.187. The van der Waals surface area contributed by atoms with Crippen LogP contribution in [0.25, 0.3) is 86.8 Å². The van der Waals surface area contributed by atoms with Gasteiger partial charge in [-0.3, -0.25) is 0 Å². The maximum atomic E-state index is 5.22. The van der Waals surface area contributed by atoms with Crippen LogP contribution in [0.4, 0.5) is 0 Å². The number of para-hydroxylation sites is 1. The zero-order chi connectivity index (χ0) is 33.2. The van der Waals surface area contributed by atoms with E-state index in [1.54, 1.807) is 0 Å². The number of aromatic nitrogens is 3. The molecule has 1 aliphatic rings. The molecule has 0 amide bonds. The normalized spacial score (nSPS) is 14.6. The number of rotatable bonds is 3. The molecule has 0 spiro atoms. The Bertz CT molecular complexity index is 2880. The molecule has 0 saturated heterocycles. The first kappa shape index (κ1) is 29.2. The van der Waals surface area contributed by atoms with Crippen LogP contribution in [0.3, 0.4) is 0 Å². The number of hydrogen-bond donors (Lipinski definition) is 0. The van der Waals surface area contributed by atoms with Crippen molar-refractivity contribution in [3.05, 3.63) is 164 Å². The van der Waals surface area contributed by atoms with Gasteiger partial charge in [0.05, 0.1) is 26.9 Å². The number of fused-ring (bicyclic) bond motifs is 11. The summed E-state index contributed by atoms with van der Waals surface area (Å²) in [7, 11) is 0. The van der Waals surface area contributed by atoms with Crippen molar-refractivity contribution >= 4 is 81.6 Å². The molecule has 9 aromatic rings. The fourth-order valence-electron chi connectivity index (χ4n) is 7.41. The van der Waals surface area contributed by atoms with Gasteiger partial charge in [0.2, 0.25) is 0 Å². The van der Waals surface area contributed by atoms with E-state index >= 15 is 0 Å². The second kappa shape index (κ2) is 11.7. The monoisotopic (exact) mass is 675 g/mol. The van der Waals surface area contributed by atoms with Gasteiger partial charge in [0, 0.05) is 64.7 Å². The van der Waals surface area contributed by atoms with Crippen LogP contribution in [-0.4, -0.2) is 20.3 Å². The molecule has 0 bridgehead atoms. The Labute approximate surface area is 297 Å². The Morgan fingerprint density at radius 2 is 1.40 bits per heavy atom. The Morgan fingerprint density at radius 1 is 0.660 bits per heavy atom. The summed E-state index contributed by atoms with van der Waals surface area (Å²) >= 11 is 3.80. The lowest BCUT2D eigenvalue weighted by Crippen LogP contribution is -1.99. The summed E-state index contributed by atoms with van der Waals surface area (Å²) in [5.74, 6) is 1.62. The highest BCUT2D eigenvalue weighted by Crippen LogP contribution is 2.51. The van der Waals surface area contributed by atoms with Gasteiger partial charge in [-0.1, -0.05) is 128 Å². The summed E-state index contributed by atoms with van der Waals surface area (Å²) in [5, 5.41) is 6.09. The van der Waals surface area contributed by atoms with E-state index in [-0.39, 0.29) is 0 Å². The van der Waals surface area contributed by atoms with E-state index < -0.39 is 0 Å². The lowest BCUT2D eigenvalue weighted by Gasteiger charge is -2.16. The van der Waals surface area contributed by atoms with Crippen LogP contribution < -0.4 is 0 Å². The first-order valence-electron chi connectivity index (χ1n) is 16.7. The van der Waals surface area contributed by atoms with Crippen LogP contribution in [0, 0.1) is 0 Å². The van der Waals surface area contributed by atoms with Crippen LogP contribution in [0.1, 0.15) is 5.56 Å². The molecule has 50 heavy (non-hydrogen) atoms. The Kier molecular flexibility index (Phi) is 6.83. The molecular weight excluding hydrogens is 647 g/mol. The van der Waals surface area contributed by atoms with E-state index in [0.717, 1.165) is 56.1 Å². The molecule has 0 N–H and O–H groups in total. The molecule has 0 atom stereocenters. The van der Waals surface area contributed by atoms with Gasteiger partial charge in [-0.05, 0) is 35.9 Å². The van der Waals surface area contributed by atoms with E-state index in [4.69, 9.17) is 9.97 Å². The molecule has 3 aromatic heterocycles. The number of nitrogens with zero attached hydrogens (tertiary/aromatic N) is 3. The number of benzene rings is 6. The van der Waals surface area contributed by atoms with Gasteiger partial charge in [0.25, 0.3) is 0 Å². The fourth-order valence-corrected chi connectivity index (χ4v) is 9.83. The van der Waals surface area contributed by atoms with E-state index in [2.05, 4.69) is 145 Å². The first-order chi connectivity index (χ1) is 24.7. The molecule has 0 fully saturated rings. The Morgan fingerprint density at radius 3 is 2.24 bits per heavy atom. The molecule has 0 radical (unpaired) electrons. The molecule has 0 aliphatic carbocycles. The highest BCUT2D eigenvalue weighted by Gasteiger charge is 2.26. The van der Waals surface area contributed by atoms with Crippen molar-refractivity contribution in [2.45, 2.75) is 4.90 Å². The van der Waals surface area contributed by atoms with Gasteiger partial charge < -0.3 is 4.57 Å². The third-order valence-corrected chi connectivity index (χ3v) is 11.8. The minimum Gasteiger partial charge on any atom is -0.308 e. The average molecular weight is 676 g/mol. The minimum atomic E-state index is 0.724. The van der Waals surface area contributed by atoms with Gasteiger partial charge in [0.1, 0.15) is 0 Å². The Hall–Kier alpha value is -5.75. The van der Waals surface area contributed by atoms with Gasteiger partial charge >= 0.3 is 0 Å². The summed E-state index contributed by atoms with van der Waals surface area (Å²) < 4.78 is 5.05. The molecular formula is C45H29N3S2. The van der Waals surface area contributed by atoms with Crippen molar-refractivity contribution in [2.24, 2.45) is 0 Å². The molecule has 6 aromatic carbocycles. The van der Waals surface area contributed by atoms with E-state index in [0.29, 0.717) is 0 Å². The van der Waals surface area contributed by atoms with Crippen molar-refractivity contribution < 1.29 is 0 Å². The summed E-state index contributed by atoms with van der Waals surface area (Å²) in [6.07, 6.45) is 8.66. The number of allylic oxidation sites excluding steroid dienone is 4. The number of thioether (sulfide) groups is 1. The molecule has 236 valence electrons. The number of thiophene rings is 1. The lowest BCUT2D eigenvalue weighted by atomic mass is 9.97. The fraction of sp³-hybridized carbons (Fsp3) is 0.0222. The molecule has 0 unspecified atom stereocenters. The van der Waals surface area contributed by atoms with E-state index in [9.17, 15) is 0 Å². The lowest BCUT2D eigenvalue weighted by molar-refractivity contribution is 1.18. The summed E-state index contributed by atoms with van der Waals surface area (Å²) in [5.41, 5.74) is 9.60. The largest absolute Gasteiger partial charge is 0.308 e. The Balaban J connectivity index is 1.35. The molecule has 4 heterocycles. The SMILES string of the molecule is C=C1/C=C\C=C/CSc2c1c1c3ccccc3n(-c3ccc4nc(-c5ccccc5)nc(-c5ccccc5)c4c3)c1c1sc3ccccc3c21. The van der Waals surface area contributed by atoms with Crippen molar-refractivity contribution in [2.75, 3.05) is 5.75 Å². The van der Waals surface area contributed by atoms with E-state index in [1.165, 1.54) is 46.9 Å². The zero-order valence-corrected chi connectivity index (χ0v) is 28.6. The standard InChI is InChI=1S/C45H29N3S2/c1-28-15-5-4-14-26-49-43-38(28)39-32-20-10-12-22-36(32)48(42(39)44-40(43)33-21-11-13-23-37(33)50-44)31-24-25-35-34(27-31)41(29-16-6-2-7-17-29)47-45(46-35)30-18-8-3-9-19-30/h2-25,27H,1,26H2/b14-4-,15-5-. The van der Waals surface area contributed by atoms with Gasteiger partial charge in [-0.15, -0.1) is 23.1 Å². The van der Waals surface area contributed by atoms with Crippen LogP contribution in [0.2, 0.25) is 0 Å². The maximum Gasteiger partial charge on any atom is 0.160 e. The smallest absolute Gasteiger partial charge is 0.160 e. The van der Waals surface area contributed by atoms with Gasteiger partial charge in [-0.25, -0.2) is 9.97 Å². The highest BCUT2D eigenvalue weighted by molar-refractivity contribution is 7.99. The molecule has 0 saturated carbocycles. The molecule has 5 heteroatoms. The molecule has 10 rings (SSSR count). The van der Waals surface area contributed by atoms with Crippen molar-refractivity contribution in [1.82, 2.24) is 14.5 Å². The van der Waals surface area contributed by atoms with Crippen LogP contribution in [0.15, 0.2) is 163 Å². The molecule has 3 nitrogen and oxygen atoms in total. The van der Waals surface area contributed by atoms with Crippen LogP contribution in [-0.2, 0) is 0 Å². The van der Waals surface area contributed by atoms with Crippen molar-refractivity contribution in [3.8, 4) is 28.3 Å². The third kappa shape index (κ3) is 4.51. The van der Waals surface area contributed by atoms with E-state index in [1.807, 2.05) is 41.3 Å². The minimum absolute atomic E-state index is 0.724. The van der Waals surface area contributed by atoms with Gasteiger partial charge in [0.15, 0.2) is 5.82 Å². The second-order valence-corrected chi connectivity index (χ2v) is 14.6. The molecule has 1 aliphatic heterocycles. The van der Waals surface area contributed by atoms with Gasteiger partial charge in [-0.2, -0.15) is 0 Å². The first-order valence-corrected chi connectivity index (χ1v) is 18.5. The summed E-state index contributed by atoms with van der Waals surface area (Å²) in [6, 6.07) is 45.0.